The van der Waals surface area contributed by atoms with Gasteiger partial charge in [-0.3, -0.25) is 4.79 Å². The molecule has 0 atom stereocenters. The Morgan fingerprint density at radius 3 is 2.50 bits per heavy atom. The highest BCUT2D eigenvalue weighted by Gasteiger charge is 2.18. The van der Waals surface area contributed by atoms with Crippen molar-refractivity contribution in [3.63, 3.8) is 0 Å². The fourth-order valence-electron chi connectivity index (χ4n) is 1.81. The maximum Gasteiger partial charge on any atom is 0.229 e. The minimum absolute atomic E-state index is 0.0884. The number of aliphatic hydroxyl groups is 1. The van der Waals surface area contributed by atoms with E-state index in [4.69, 9.17) is 14.6 Å². The Morgan fingerprint density at radius 1 is 1.33 bits per heavy atom. The lowest BCUT2D eigenvalue weighted by molar-refractivity contribution is -0.118. The van der Waals surface area contributed by atoms with Crippen molar-refractivity contribution < 1.29 is 19.4 Å². The maximum atomic E-state index is 11.8. The van der Waals surface area contributed by atoms with Gasteiger partial charge in [-0.15, -0.1) is 0 Å². The van der Waals surface area contributed by atoms with Crippen LogP contribution in [-0.4, -0.2) is 38.9 Å². The van der Waals surface area contributed by atoms with Crippen LogP contribution in [0.5, 0.6) is 11.5 Å². The average molecular weight is 253 g/mol. The van der Waals surface area contributed by atoms with Crippen LogP contribution in [0.1, 0.15) is 12.0 Å². The van der Waals surface area contributed by atoms with Gasteiger partial charge < -0.3 is 19.5 Å². The molecule has 100 valence electrons. The van der Waals surface area contributed by atoms with Gasteiger partial charge in [-0.05, 0) is 18.6 Å². The van der Waals surface area contributed by atoms with Crippen molar-refractivity contribution in [2.24, 2.45) is 0 Å². The first kappa shape index (κ1) is 14.3. The van der Waals surface area contributed by atoms with Crippen molar-refractivity contribution in [2.75, 3.05) is 32.8 Å². The molecule has 5 heteroatoms. The highest BCUT2D eigenvalue weighted by Crippen LogP contribution is 2.35. The van der Waals surface area contributed by atoms with E-state index in [1.54, 1.807) is 27.3 Å². The molecule has 0 unspecified atom stereocenters. The molecule has 5 nitrogen and oxygen atoms in total. The van der Waals surface area contributed by atoms with Crippen LogP contribution in [0.25, 0.3) is 0 Å². The Bertz CT molecular complexity index is 431. The van der Waals surface area contributed by atoms with Crippen LogP contribution in [0, 0.1) is 6.92 Å². The topological polar surface area (TPSA) is 59.0 Å². The first-order valence-corrected chi connectivity index (χ1v) is 5.65. The summed E-state index contributed by atoms with van der Waals surface area (Å²) in [5.41, 5.74) is 1.57. The van der Waals surface area contributed by atoms with E-state index in [0.29, 0.717) is 17.2 Å². The van der Waals surface area contributed by atoms with Gasteiger partial charge in [-0.2, -0.15) is 0 Å². The summed E-state index contributed by atoms with van der Waals surface area (Å²) in [5.74, 6) is 1.08. The van der Waals surface area contributed by atoms with Gasteiger partial charge in [0.15, 0.2) is 0 Å². The van der Waals surface area contributed by atoms with Crippen molar-refractivity contribution in [3.8, 4) is 11.5 Å². The monoisotopic (exact) mass is 253 g/mol. The Morgan fingerprint density at radius 2 is 2.00 bits per heavy atom. The molecule has 0 aliphatic rings. The second-order valence-corrected chi connectivity index (χ2v) is 3.92. The molecule has 0 saturated carbocycles. The lowest BCUT2D eigenvalue weighted by Crippen LogP contribution is -2.28. The fourth-order valence-corrected chi connectivity index (χ4v) is 1.81. The van der Waals surface area contributed by atoms with Crippen LogP contribution in [0.2, 0.25) is 0 Å². The first-order chi connectivity index (χ1) is 8.54. The number of anilines is 1. The van der Waals surface area contributed by atoms with Gasteiger partial charge in [0.1, 0.15) is 11.5 Å². The van der Waals surface area contributed by atoms with E-state index in [1.807, 2.05) is 13.0 Å². The van der Waals surface area contributed by atoms with E-state index in [1.165, 1.54) is 4.90 Å². The van der Waals surface area contributed by atoms with E-state index < -0.39 is 0 Å². The predicted octanol–water partition coefficient (Wildman–Crippen LogP) is 1.36. The molecule has 0 aromatic heterocycles. The Hall–Kier alpha value is -1.75. The summed E-state index contributed by atoms with van der Waals surface area (Å²) >= 11 is 0. The third-order valence-corrected chi connectivity index (χ3v) is 2.73. The van der Waals surface area contributed by atoms with Crippen LogP contribution in [0.3, 0.4) is 0 Å². The summed E-state index contributed by atoms with van der Waals surface area (Å²) in [6.45, 7) is 1.71. The zero-order valence-electron chi connectivity index (χ0n) is 11.2. The summed E-state index contributed by atoms with van der Waals surface area (Å²) in [4.78, 5) is 13.3. The highest BCUT2D eigenvalue weighted by atomic mass is 16.5. The van der Waals surface area contributed by atoms with Crippen LogP contribution in [0.15, 0.2) is 12.1 Å². The lowest BCUT2D eigenvalue weighted by atomic mass is 10.1. The molecule has 0 spiro atoms. The SMILES string of the molecule is COc1cc(C)c(N(C)C(=O)CCO)c(OC)c1. The van der Waals surface area contributed by atoms with Crippen LogP contribution < -0.4 is 14.4 Å². The number of nitrogens with zero attached hydrogens (tertiary/aromatic N) is 1. The number of aryl methyl sites for hydroxylation is 1. The van der Waals surface area contributed by atoms with E-state index in [-0.39, 0.29) is 18.9 Å². The van der Waals surface area contributed by atoms with Gasteiger partial charge in [0.25, 0.3) is 0 Å². The molecule has 18 heavy (non-hydrogen) atoms. The standard InChI is InChI=1S/C13H19NO4/c1-9-7-10(17-3)8-11(18-4)13(9)14(2)12(16)5-6-15/h7-8,15H,5-6H2,1-4H3. The van der Waals surface area contributed by atoms with Gasteiger partial charge in [0.05, 0.1) is 32.9 Å². The number of ether oxygens (including phenoxy) is 2. The molecular weight excluding hydrogens is 234 g/mol. The van der Waals surface area contributed by atoms with Crippen molar-refractivity contribution in [1.29, 1.82) is 0 Å². The highest BCUT2D eigenvalue weighted by molar-refractivity contribution is 5.95. The number of hydrogen-bond acceptors (Lipinski definition) is 4. The minimum atomic E-state index is -0.166. The number of aliphatic hydroxyl groups excluding tert-OH is 1. The minimum Gasteiger partial charge on any atom is -0.497 e. The van der Waals surface area contributed by atoms with Gasteiger partial charge in [-0.25, -0.2) is 0 Å². The van der Waals surface area contributed by atoms with Crippen molar-refractivity contribution in [3.05, 3.63) is 17.7 Å². The Balaban J connectivity index is 3.18. The van der Waals surface area contributed by atoms with E-state index in [0.717, 1.165) is 5.56 Å². The molecule has 0 heterocycles. The van der Waals surface area contributed by atoms with Gasteiger partial charge in [-0.1, -0.05) is 0 Å². The number of carbonyl (C=O) groups excluding carboxylic acids is 1. The lowest BCUT2D eigenvalue weighted by Gasteiger charge is -2.22. The summed E-state index contributed by atoms with van der Waals surface area (Å²) in [6.07, 6.45) is 0.0884. The molecule has 0 radical (unpaired) electrons. The molecular formula is C13H19NO4. The molecule has 1 amide bonds. The fraction of sp³-hybridized carbons (Fsp3) is 0.462. The largest absolute Gasteiger partial charge is 0.497 e. The van der Waals surface area contributed by atoms with Gasteiger partial charge >= 0.3 is 0 Å². The zero-order chi connectivity index (χ0) is 13.7. The van der Waals surface area contributed by atoms with E-state index in [9.17, 15) is 4.79 Å². The molecule has 0 saturated heterocycles. The molecule has 0 fully saturated rings. The smallest absolute Gasteiger partial charge is 0.229 e. The number of hydrogen-bond donors (Lipinski definition) is 1. The third-order valence-electron chi connectivity index (χ3n) is 2.73. The number of amides is 1. The van der Waals surface area contributed by atoms with Crippen LogP contribution >= 0.6 is 0 Å². The van der Waals surface area contributed by atoms with Crippen LogP contribution in [0.4, 0.5) is 5.69 Å². The average Bonchev–Trinajstić information content (AvgIpc) is 2.37. The second-order valence-electron chi connectivity index (χ2n) is 3.92. The Kier molecular flexibility index (Phi) is 4.97. The predicted molar refractivity (Wildman–Crippen MR) is 69.4 cm³/mol. The van der Waals surface area contributed by atoms with Gasteiger partial charge in [0, 0.05) is 13.1 Å². The van der Waals surface area contributed by atoms with Crippen molar-refractivity contribution >= 4 is 11.6 Å². The molecule has 1 rings (SSSR count). The van der Waals surface area contributed by atoms with E-state index in [2.05, 4.69) is 0 Å². The number of benzene rings is 1. The van der Waals surface area contributed by atoms with Crippen molar-refractivity contribution in [2.45, 2.75) is 13.3 Å². The second kappa shape index (κ2) is 6.26. The van der Waals surface area contributed by atoms with Gasteiger partial charge in [0.2, 0.25) is 5.91 Å². The summed E-state index contributed by atoms with van der Waals surface area (Å²) in [6, 6.07) is 3.56. The number of rotatable bonds is 5. The first-order valence-electron chi connectivity index (χ1n) is 5.65. The normalized spacial score (nSPS) is 10.1. The molecule has 1 aromatic carbocycles. The zero-order valence-corrected chi connectivity index (χ0v) is 11.2. The van der Waals surface area contributed by atoms with Crippen molar-refractivity contribution in [1.82, 2.24) is 0 Å². The summed E-state index contributed by atoms with van der Waals surface area (Å²) in [7, 11) is 4.78. The molecule has 0 aliphatic carbocycles. The third kappa shape index (κ3) is 2.92. The number of carbonyl (C=O) groups is 1. The summed E-state index contributed by atoms with van der Waals surface area (Å²) < 4.78 is 10.4. The number of methoxy groups -OCH3 is 2. The quantitative estimate of drug-likeness (QED) is 0.860. The molecule has 1 N–H and O–H groups in total. The molecule has 0 aliphatic heterocycles. The maximum absolute atomic E-state index is 11.8. The van der Waals surface area contributed by atoms with Crippen LogP contribution in [-0.2, 0) is 4.79 Å². The molecule has 0 bridgehead atoms. The summed E-state index contributed by atoms with van der Waals surface area (Å²) in [5, 5.41) is 8.81. The Labute approximate surface area is 107 Å². The molecule has 1 aromatic rings. The van der Waals surface area contributed by atoms with E-state index >= 15 is 0 Å².